The van der Waals surface area contributed by atoms with Crippen LogP contribution in [0.4, 0.5) is 0 Å². The lowest BCUT2D eigenvalue weighted by Crippen LogP contribution is -2.52. The molecule has 0 saturated carbocycles. The van der Waals surface area contributed by atoms with Crippen LogP contribution in [-0.4, -0.2) is 63.9 Å². The number of quaternary nitrogens is 1. The second-order valence-corrected chi connectivity index (χ2v) is 14.0. The largest absolute Gasteiger partial charge is 0.481 e. The quantitative estimate of drug-likeness (QED) is 0.0494. The van der Waals surface area contributed by atoms with Gasteiger partial charge in [0.15, 0.2) is 0 Å². The van der Waals surface area contributed by atoms with E-state index in [4.69, 9.17) is 0 Å². The minimum Gasteiger partial charge on any atom is -0.481 e. The van der Waals surface area contributed by atoms with Crippen molar-refractivity contribution in [3.63, 3.8) is 0 Å². The van der Waals surface area contributed by atoms with Crippen molar-refractivity contribution in [2.75, 3.05) is 26.2 Å². The highest BCUT2D eigenvalue weighted by Crippen LogP contribution is 2.22. The van der Waals surface area contributed by atoms with E-state index in [0.717, 1.165) is 19.4 Å². The van der Waals surface area contributed by atoms with Gasteiger partial charge in [0, 0.05) is 19.3 Å². The minimum atomic E-state index is -0.820. The van der Waals surface area contributed by atoms with Gasteiger partial charge in [0.05, 0.1) is 43.9 Å². The highest BCUT2D eigenvalue weighted by Gasteiger charge is 2.31. The molecule has 0 saturated heterocycles. The van der Waals surface area contributed by atoms with Gasteiger partial charge in [-0.25, -0.2) is 0 Å². The molecule has 0 aliphatic carbocycles. The molecule has 0 heterocycles. The number of carbonyl (C=O) groups is 3. The van der Waals surface area contributed by atoms with E-state index < -0.39 is 35.7 Å². The Morgan fingerprint density at radius 1 is 0.409 bits per heavy atom. The second-order valence-electron chi connectivity index (χ2n) is 14.0. The summed E-state index contributed by atoms with van der Waals surface area (Å²) in [5.74, 6) is -3.89. The summed E-state index contributed by atoms with van der Waals surface area (Å²) in [7, 11) is 0. The van der Waals surface area contributed by atoms with Crippen LogP contribution in [0.25, 0.3) is 0 Å². The van der Waals surface area contributed by atoms with Gasteiger partial charge in [-0.05, 0) is 12.8 Å². The first-order valence-electron chi connectivity index (χ1n) is 18.6. The first-order valence-corrected chi connectivity index (χ1v) is 18.6. The SMILES string of the molecule is CCCCCCCCCCCCCCCCCCCCCC[N+](CCC(C)C(=O)O)(CCC(C)C(=O)O)CCC(C)C(=O)O. The number of rotatable bonds is 33. The fourth-order valence-corrected chi connectivity index (χ4v) is 6.15. The smallest absolute Gasteiger partial charge is 0.306 e. The molecule has 0 bridgehead atoms. The zero-order chi connectivity index (χ0) is 33.1. The number of hydrogen-bond acceptors (Lipinski definition) is 3. The van der Waals surface area contributed by atoms with Gasteiger partial charge in [0.25, 0.3) is 0 Å². The fraction of sp³-hybridized carbons (Fsp3) is 0.919. The minimum absolute atomic E-state index is 0.476. The van der Waals surface area contributed by atoms with Crippen molar-refractivity contribution in [2.24, 2.45) is 17.8 Å². The van der Waals surface area contributed by atoms with Crippen molar-refractivity contribution in [1.82, 2.24) is 0 Å². The number of nitrogens with zero attached hydrogens (tertiary/aromatic N) is 1. The molecule has 260 valence electrons. The maximum atomic E-state index is 11.5. The summed E-state index contributed by atoms with van der Waals surface area (Å²) < 4.78 is 0.617. The molecule has 0 radical (unpaired) electrons. The van der Waals surface area contributed by atoms with E-state index in [-0.39, 0.29) is 0 Å². The zero-order valence-electron chi connectivity index (χ0n) is 29.3. The number of unbranched alkanes of at least 4 members (excludes halogenated alkanes) is 19. The summed E-state index contributed by atoms with van der Waals surface area (Å²) in [6.07, 6.45) is 28.2. The van der Waals surface area contributed by atoms with E-state index in [1.54, 1.807) is 20.8 Å². The Morgan fingerprint density at radius 3 is 0.864 bits per heavy atom. The predicted molar refractivity (Wildman–Crippen MR) is 182 cm³/mol. The summed E-state index contributed by atoms with van der Waals surface area (Å²) in [5, 5.41) is 28.3. The monoisotopic (exact) mass is 627 g/mol. The molecule has 7 heteroatoms. The van der Waals surface area contributed by atoms with Gasteiger partial charge in [-0.1, -0.05) is 143 Å². The van der Waals surface area contributed by atoms with Crippen LogP contribution in [0.5, 0.6) is 0 Å². The summed E-state index contributed by atoms with van der Waals surface area (Å²) in [4.78, 5) is 34.5. The van der Waals surface area contributed by atoms with Crippen molar-refractivity contribution in [3.8, 4) is 0 Å². The molecule has 0 aromatic rings. The topological polar surface area (TPSA) is 112 Å². The van der Waals surface area contributed by atoms with Crippen LogP contribution in [-0.2, 0) is 14.4 Å². The predicted octanol–water partition coefficient (Wildman–Crippen LogP) is 9.96. The highest BCUT2D eigenvalue weighted by atomic mass is 16.4. The fourth-order valence-electron chi connectivity index (χ4n) is 6.15. The lowest BCUT2D eigenvalue weighted by Gasteiger charge is -2.40. The summed E-state index contributed by atoms with van der Waals surface area (Å²) in [6, 6.07) is 0. The van der Waals surface area contributed by atoms with E-state index in [0.29, 0.717) is 43.4 Å². The molecule has 7 nitrogen and oxygen atoms in total. The number of aliphatic carboxylic acids is 3. The molecule has 0 spiro atoms. The Hall–Kier alpha value is -1.63. The molecule has 0 aliphatic rings. The van der Waals surface area contributed by atoms with Crippen molar-refractivity contribution < 1.29 is 34.2 Å². The normalized spacial score (nSPS) is 15.0. The van der Waals surface area contributed by atoms with Crippen LogP contribution in [0.3, 0.4) is 0 Å². The Kier molecular flexibility index (Phi) is 26.6. The van der Waals surface area contributed by atoms with Gasteiger partial charge in [0.1, 0.15) is 0 Å². The van der Waals surface area contributed by atoms with Crippen LogP contribution in [0.1, 0.15) is 175 Å². The zero-order valence-corrected chi connectivity index (χ0v) is 29.3. The third-order valence-corrected chi connectivity index (χ3v) is 9.86. The molecule has 0 aromatic carbocycles. The lowest BCUT2D eigenvalue weighted by molar-refractivity contribution is -0.929. The van der Waals surface area contributed by atoms with Crippen LogP contribution in [0.2, 0.25) is 0 Å². The molecule has 44 heavy (non-hydrogen) atoms. The van der Waals surface area contributed by atoms with Gasteiger partial charge in [-0.15, -0.1) is 0 Å². The van der Waals surface area contributed by atoms with Crippen LogP contribution < -0.4 is 0 Å². The van der Waals surface area contributed by atoms with Gasteiger partial charge < -0.3 is 19.8 Å². The Balaban J connectivity index is 4.34. The van der Waals surface area contributed by atoms with E-state index in [1.807, 2.05) is 0 Å². The van der Waals surface area contributed by atoms with Crippen LogP contribution >= 0.6 is 0 Å². The third-order valence-electron chi connectivity index (χ3n) is 9.86. The van der Waals surface area contributed by atoms with E-state index in [1.165, 1.54) is 116 Å². The molecule has 0 amide bonds. The lowest BCUT2D eigenvalue weighted by atomic mass is 10.0. The average Bonchev–Trinajstić information content (AvgIpc) is 2.99. The standard InChI is InChI=1S/C37H71NO6/c1-5-6-7-8-9-10-11-12-13-14-15-16-17-18-19-20-21-22-23-24-28-38(29-25-32(2)35(39)40,30-26-33(3)36(41)42)31-27-34(4)37(43)44/h32-34H,5-31H2,1-4H3,(H2-,39,40,41,42,43,44)/p+1. The summed E-state index contributed by atoms with van der Waals surface area (Å²) >= 11 is 0. The summed E-state index contributed by atoms with van der Waals surface area (Å²) in [6.45, 7) is 10.2. The number of carboxylic acid groups (broad SMARTS) is 3. The molecular weight excluding hydrogens is 554 g/mol. The van der Waals surface area contributed by atoms with Crippen molar-refractivity contribution in [1.29, 1.82) is 0 Å². The maximum absolute atomic E-state index is 11.5. The van der Waals surface area contributed by atoms with Crippen LogP contribution in [0.15, 0.2) is 0 Å². The van der Waals surface area contributed by atoms with Crippen LogP contribution in [0, 0.1) is 17.8 Å². The molecular formula is C37H72NO6+. The van der Waals surface area contributed by atoms with E-state index in [2.05, 4.69) is 6.92 Å². The first-order chi connectivity index (χ1) is 21.0. The molecule has 3 atom stereocenters. The Morgan fingerprint density at radius 2 is 0.636 bits per heavy atom. The van der Waals surface area contributed by atoms with E-state index >= 15 is 0 Å². The second kappa shape index (κ2) is 27.7. The molecule has 0 aliphatic heterocycles. The first kappa shape index (κ1) is 42.4. The van der Waals surface area contributed by atoms with E-state index in [9.17, 15) is 29.7 Å². The van der Waals surface area contributed by atoms with Gasteiger partial charge in [-0.2, -0.15) is 0 Å². The third kappa shape index (κ3) is 23.7. The average molecular weight is 627 g/mol. The van der Waals surface area contributed by atoms with Gasteiger partial charge in [-0.3, -0.25) is 14.4 Å². The van der Waals surface area contributed by atoms with Crippen molar-refractivity contribution in [2.45, 2.75) is 175 Å². The number of hydrogen-bond donors (Lipinski definition) is 3. The molecule has 0 aromatic heterocycles. The molecule has 0 fully saturated rings. The van der Waals surface area contributed by atoms with Gasteiger partial charge in [0.2, 0.25) is 0 Å². The van der Waals surface area contributed by atoms with Crippen molar-refractivity contribution in [3.05, 3.63) is 0 Å². The molecule has 3 N–H and O–H groups in total. The maximum Gasteiger partial charge on any atom is 0.306 e. The highest BCUT2D eigenvalue weighted by molar-refractivity contribution is 5.70. The van der Waals surface area contributed by atoms with Crippen molar-refractivity contribution >= 4 is 17.9 Å². The van der Waals surface area contributed by atoms with Gasteiger partial charge >= 0.3 is 17.9 Å². The Labute approximate surface area is 271 Å². The Bertz CT molecular complexity index is 667. The molecule has 0 rings (SSSR count). The summed E-state index contributed by atoms with van der Waals surface area (Å²) in [5.41, 5.74) is 0. The molecule has 3 unspecified atom stereocenters. The number of carboxylic acids is 3.